The molecule has 0 saturated carbocycles. The molecule has 2 atom stereocenters. The molecule has 1 aromatic rings. The summed E-state index contributed by atoms with van der Waals surface area (Å²) in [4.78, 5) is 6.60. The Bertz CT molecular complexity index is 339. The van der Waals surface area contributed by atoms with E-state index in [1.165, 1.54) is 0 Å². The number of aromatic nitrogens is 2. The molecule has 2 unspecified atom stereocenters. The van der Waals surface area contributed by atoms with Gasteiger partial charge < -0.3 is 10.3 Å². The zero-order chi connectivity index (χ0) is 11.0. The van der Waals surface area contributed by atoms with Gasteiger partial charge in [-0.1, -0.05) is 18.5 Å². The molecule has 0 amide bonds. The smallest absolute Gasteiger partial charge is 0.128 e. The van der Waals surface area contributed by atoms with Crippen LogP contribution in [0, 0.1) is 5.92 Å². The van der Waals surface area contributed by atoms with Gasteiger partial charge in [0.15, 0.2) is 0 Å². The summed E-state index contributed by atoms with van der Waals surface area (Å²) in [6.07, 6.45) is 1.69. The highest BCUT2D eigenvalue weighted by Crippen LogP contribution is 2.18. The monoisotopic (exact) mass is 228 g/mol. The molecular formula is C10H17ClN4. The second kappa shape index (κ2) is 4.12. The minimum Gasteiger partial charge on any atom is -0.326 e. The third-order valence-electron chi connectivity index (χ3n) is 3.14. The molecule has 4 nitrogen and oxygen atoms in total. The molecule has 84 valence electrons. The van der Waals surface area contributed by atoms with Crippen LogP contribution in [0.1, 0.15) is 12.7 Å². The van der Waals surface area contributed by atoms with Crippen molar-refractivity contribution in [3.05, 3.63) is 17.2 Å². The summed E-state index contributed by atoms with van der Waals surface area (Å²) < 4.78 is 1.91. The van der Waals surface area contributed by atoms with Crippen molar-refractivity contribution in [2.45, 2.75) is 19.5 Å². The lowest BCUT2D eigenvalue weighted by atomic mass is 10.1. The molecule has 2 N–H and O–H groups in total. The molecule has 1 aromatic heterocycles. The second-order valence-electron chi connectivity index (χ2n) is 4.39. The van der Waals surface area contributed by atoms with Crippen molar-refractivity contribution in [2.24, 2.45) is 18.7 Å². The van der Waals surface area contributed by atoms with Gasteiger partial charge in [-0.3, -0.25) is 4.90 Å². The van der Waals surface area contributed by atoms with Crippen LogP contribution in [0.2, 0.25) is 5.15 Å². The van der Waals surface area contributed by atoms with E-state index in [0.717, 1.165) is 25.5 Å². The van der Waals surface area contributed by atoms with Gasteiger partial charge in [-0.25, -0.2) is 4.98 Å². The number of imidazole rings is 1. The Hall–Kier alpha value is -0.580. The van der Waals surface area contributed by atoms with E-state index >= 15 is 0 Å². The quantitative estimate of drug-likeness (QED) is 0.817. The Morgan fingerprint density at radius 3 is 2.80 bits per heavy atom. The Kier molecular flexibility index (Phi) is 3.00. The van der Waals surface area contributed by atoms with Crippen molar-refractivity contribution < 1.29 is 0 Å². The third kappa shape index (κ3) is 2.17. The van der Waals surface area contributed by atoms with Gasteiger partial charge >= 0.3 is 0 Å². The van der Waals surface area contributed by atoms with E-state index in [2.05, 4.69) is 16.8 Å². The summed E-state index contributed by atoms with van der Waals surface area (Å²) in [5, 5.41) is 0.682. The molecule has 1 saturated heterocycles. The third-order valence-corrected chi connectivity index (χ3v) is 3.49. The van der Waals surface area contributed by atoms with Crippen LogP contribution in [0.3, 0.4) is 0 Å². The van der Waals surface area contributed by atoms with Gasteiger partial charge in [0.05, 0.1) is 12.7 Å². The maximum atomic E-state index is 5.97. The zero-order valence-electron chi connectivity index (χ0n) is 9.15. The molecule has 0 spiro atoms. The van der Waals surface area contributed by atoms with Crippen LogP contribution in [0.15, 0.2) is 6.20 Å². The highest BCUT2D eigenvalue weighted by Gasteiger charge is 2.27. The van der Waals surface area contributed by atoms with Gasteiger partial charge in [-0.15, -0.1) is 0 Å². The van der Waals surface area contributed by atoms with E-state index in [9.17, 15) is 0 Å². The molecule has 15 heavy (non-hydrogen) atoms. The molecule has 2 heterocycles. The van der Waals surface area contributed by atoms with Gasteiger partial charge in [0.25, 0.3) is 0 Å². The largest absolute Gasteiger partial charge is 0.326 e. The molecule has 1 aliphatic heterocycles. The van der Waals surface area contributed by atoms with E-state index in [0.29, 0.717) is 17.1 Å². The normalized spacial score (nSPS) is 27.5. The number of nitrogens with two attached hydrogens (primary N) is 1. The summed E-state index contributed by atoms with van der Waals surface area (Å²) in [6, 6.07) is 0.292. The number of hydrogen-bond donors (Lipinski definition) is 1. The Labute approximate surface area is 95.0 Å². The van der Waals surface area contributed by atoms with E-state index in [4.69, 9.17) is 17.3 Å². The number of nitrogens with zero attached hydrogens (tertiary/aromatic N) is 3. The van der Waals surface area contributed by atoms with Crippen LogP contribution >= 0.6 is 11.6 Å². The fraction of sp³-hybridized carbons (Fsp3) is 0.700. The lowest BCUT2D eigenvalue weighted by Gasteiger charge is -2.14. The number of halogens is 1. The van der Waals surface area contributed by atoms with Gasteiger partial charge in [-0.2, -0.15) is 0 Å². The molecule has 0 bridgehead atoms. The van der Waals surface area contributed by atoms with Crippen molar-refractivity contribution in [1.82, 2.24) is 14.5 Å². The van der Waals surface area contributed by atoms with Gasteiger partial charge in [0.2, 0.25) is 0 Å². The van der Waals surface area contributed by atoms with Crippen LogP contribution in [-0.2, 0) is 13.6 Å². The summed E-state index contributed by atoms with van der Waals surface area (Å²) in [5.41, 5.74) is 5.97. The van der Waals surface area contributed by atoms with Crippen molar-refractivity contribution in [3.63, 3.8) is 0 Å². The van der Waals surface area contributed by atoms with Gasteiger partial charge in [0, 0.05) is 26.2 Å². The first-order valence-electron chi connectivity index (χ1n) is 5.22. The first-order valence-corrected chi connectivity index (χ1v) is 5.59. The average molecular weight is 229 g/mol. The fourth-order valence-electron chi connectivity index (χ4n) is 2.00. The van der Waals surface area contributed by atoms with Crippen LogP contribution < -0.4 is 5.73 Å². The predicted molar refractivity (Wildman–Crippen MR) is 60.6 cm³/mol. The van der Waals surface area contributed by atoms with Crippen LogP contribution in [0.5, 0.6) is 0 Å². The van der Waals surface area contributed by atoms with Gasteiger partial charge in [-0.05, 0) is 5.92 Å². The minimum atomic E-state index is 0.292. The van der Waals surface area contributed by atoms with E-state index in [-0.39, 0.29) is 0 Å². The highest BCUT2D eigenvalue weighted by atomic mass is 35.5. The summed E-state index contributed by atoms with van der Waals surface area (Å²) in [7, 11) is 1.93. The van der Waals surface area contributed by atoms with Crippen LogP contribution in [-0.4, -0.2) is 33.6 Å². The number of hydrogen-bond acceptors (Lipinski definition) is 3. The number of rotatable bonds is 2. The van der Waals surface area contributed by atoms with E-state index in [1.807, 2.05) is 11.6 Å². The predicted octanol–water partition coefficient (Wildman–Crippen LogP) is 0.853. The zero-order valence-corrected chi connectivity index (χ0v) is 9.91. The molecule has 0 radical (unpaired) electrons. The van der Waals surface area contributed by atoms with Crippen LogP contribution in [0.4, 0.5) is 0 Å². The Morgan fingerprint density at radius 1 is 1.60 bits per heavy atom. The van der Waals surface area contributed by atoms with Crippen molar-refractivity contribution in [1.29, 1.82) is 0 Å². The van der Waals surface area contributed by atoms with Crippen LogP contribution in [0.25, 0.3) is 0 Å². The molecule has 5 heteroatoms. The van der Waals surface area contributed by atoms with Crippen molar-refractivity contribution in [2.75, 3.05) is 13.1 Å². The topological polar surface area (TPSA) is 47.1 Å². The standard InChI is InChI=1S/C10H17ClN4/c1-7-4-15(5-8(7)12)6-10-13-3-9(11)14(10)2/h3,7-8H,4-6,12H2,1-2H3. The fourth-order valence-corrected chi connectivity index (χ4v) is 2.14. The average Bonchev–Trinajstić information content (AvgIpc) is 2.65. The highest BCUT2D eigenvalue weighted by molar-refractivity contribution is 6.29. The molecule has 1 aliphatic rings. The Morgan fingerprint density at radius 2 is 2.33 bits per heavy atom. The number of likely N-dealkylation sites (tertiary alicyclic amines) is 1. The SMILES string of the molecule is CC1CN(Cc2ncc(Cl)n2C)CC1N. The second-order valence-corrected chi connectivity index (χ2v) is 4.78. The van der Waals surface area contributed by atoms with E-state index in [1.54, 1.807) is 6.20 Å². The van der Waals surface area contributed by atoms with Gasteiger partial charge in [0.1, 0.15) is 11.0 Å². The summed E-state index contributed by atoms with van der Waals surface area (Å²) >= 11 is 5.93. The molecule has 2 rings (SSSR count). The maximum absolute atomic E-state index is 5.97. The first-order chi connectivity index (χ1) is 7.08. The van der Waals surface area contributed by atoms with E-state index < -0.39 is 0 Å². The van der Waals surface area contributed by atoms with Crippen molar-refractivity contribution in [3.8, 4) is 0 Å². The first kappa shape index (κ1) is 10.9. The van der Waals surface area contributed by atoms with Crippen molar-refractivity contribution >= 4 is 11.6 Å². The lowest BCUT2D eigenvalue weighted by Crippen LogP contribution is -2.28. The maximum Gasteiger partial charge on any atom is 0.128 e. The summed E-state index contributed by atoms with van der Waals surface area (Å²) in [5.74, 6) is 1.57. The summed E-state index contributed by atoms with van der Waals surface area (Å²) in [6.45, 7) is 5.02. The minimum absolute atomic E-state index is 0.292. The molecule has 0 aromatic carbocycles. The lowest BCUT2D eigenvalue weighted by molar-refractivity contribution is 0.307. The molecular weight excluding hydrogens is 212 g/mol. The molecule has 1 fully saturated rings. The Balaban J connectivity index is 2.01. The molecule has 0 aliphatic carbocycles.